The Labute approximate surface area is 151 Å². The van der Waals surface area contributed by atoms with Gasteiger partial charge in [0.1, 0.15) is 5.83 Å². The molecule has 6 heteroatoms. The second-order valence-corrected chi connectivity index (χ2v) is 6.09. The van der Waals surface area contributed by atoms with Crippen molar-refractivity contribution in [3.63, 3.8) is 0 Å². The molecule has 26 heavy (non-hydrogen) atoms. The van der Waals surface area contributed by atoms with Crippen LogP contribution in [-0.4, -0.2) is 29.0 Å². The maximum absolute atomic E-state index is 13.8. The molecule has 1 N–H and O–H groups in total. The van der Waals surface area contributed by atoms with E-state index in [2.05, 4.69) is 23.1 Å². The molecule has 5 nitrogen and oxygen atoms in total. The number of rotatable bonds is 5. The quantitative estimate of drug-likeness (QED) is 0.820. The molecule has 1 aliphatic rings. The van der Waals surface area contributed by atoms with E-state index in [0.29, 0.717) is 22.4 Å². The van der Waals surface area contributed by atoms with Crippen LogP contribution in [0.4, 0.5) is 10.1 Å². The summed E-state index contributed by atoms with van der Waals surface area (Å²) in [6.07, 6.45) is 3.15. The predicted molar refractivity (Wildman–Crippen MR) is 100 cm³/mol. The number of methoxy groups -OCH3 is 1. The summed E-state index contributed by atoms with van der Waals surface area (Å²) >= 11 is 0. The summed E-state index contributed by atoms with van der Waals surface area (Å²) in [5.74, 6) is -0.600. The number of aromatic nitrogens is 2. The van der Waals surface area contributed by atoms with E-state index in [0.717, 1.165) is 11.0 Å². The monoisotopic (exact) mass is 353 g/mol. The zero-order valence-electron chi connectivity index (χ0n) is 15.0. The molecule has 0 saturated carbocycles. The highest BCUT2D eigenvalue weighted by Gasteiger charge is 2.41. The number of carbonyl (C=O) groups excluding carboxylic acids is 1. The number of ether oxygens (including phenoxy) is 1. The summed E-state index contributed by atoms with van der Waals surface area (Å²) in [7, 11) is 1.45. The predicted octanol–water partition coefficient (Wildman–Crippen LogP) is 4.18. The topological polar surface area (TPSA) is 58.2 Å². The van der Waals surface area contributed by atoms with Crippen LogP contribution in [0.15, 0.2) is 72.1 Å². The lowest BCUT2D eigenvalue weighted by atomic mass is 9.95. The standard InChI is InChI=1S/C20H20FN3O2/c1-6-15(11(2)13(4)21)18-12(3)19(26-5)20(25)24(18)14-7-8-16-17(9-14)23-10-22-16/h6-10,18H,1,4H2,2-3,5H3,(H,22,23). The minimum Gasteiger partial charge on any atom is -0.491 e. The number of hydrogen-bond acceptors (Lipinski definition) is 3. The summed E-state index contributed by atoms with van der Waals surface area (Å²) < 4.78 is 19.1. The van der Waals surface area contributed by atoms with Crippen LogP contribution in [-0.2, 0) is 9.53 Å². The molecule has 2 heterocycles. The molecule has 0 radical (unpaired) electrons. The third-order valence-electron chi connectivity index (χ3n) is 4.68. The van der Waals surface area contributed by atoms with Gasteiger partial charge < -0.3 is 9.72 Å². The van der Waals surface area contributed by atoms with Gasteiger partial charge in [0.15, 0.2) is 5.76 Å². The Hall–Kier alpha value is -3.15. The van der Waals surface area contributed by atoms with Gasteiger partial charge in [-0.25, -0.2) is 9.37 Å². The largest absolute Gasteiger partial charge is 0.491 e. The number of carbonyl (C=O) groups is 1. The fraction of sp³-hybridized carbons (Fsp3) is 0.200. The number of H-pyrrole nitrogens is 1. The average Bonchev–Trinajstić information content (AvgIpc) is 3.17. The van der Waals surface area contributed by atoms with Crippen LogP contribution in [0.5, 0.6) is 0 Å². The number of halogens is 1. The first-order chi connectivity index (χ1) is 12.4. The second kappa shape index (κ2) is 6.63. The van der Waals surface area contributed by atoms with Crippen LogP contribution in [0.25, 0.3) is 11.0 Å². The van der Waals surface area contributed by atoms with Crippen molar-refractivity contribution in [1.29, 1.82) is 0 Å². The van der Waals surface area contributed by atoms with E-state index in [4.69, 9.17) is 4.74 Å². The number of aromatic amines is 1. The van der Waals surface area contributed by atoms with E-state index >= 15 is 0 Å². The summed E-state index contributed by atoms with van der Waals surface area (Å²) in [6.45, 7) is 10.6. The molecule has 0 saturated heterocycles. The van der Waals surface area contributed by atoms with Crippen molar-refractivity contribution in [2.24, 2.45) is 0 Å². The highest BCUT2D eigenvalue weighted by molar-refractivity contribution is 6.10. The molecular weight excluding hydrogens is 333 g/mol. The molecule has 2 aromatic rings. The Morgan fingerprint density at radius 1 is 1.46 bits per heavy atom. The van der Waals surface area contributed by atoms with E-state index in [-0.39, 0.29) is 11.7 Å². The van der Waals surface area contributed by atoms with E-state index in [1.807, 2.05) is 12.1 Å². The molecule has 1 aliphatic heterocycles. The summed E-state index contributed by atoms with van der Waals surface area (Å²) in [4.78, 5) is 21.8. The number of anilines is 1. The Balaban J connectivity index is 2.21. The van der Waals surface area contributed by atoms with Gasteiger partial charge in [0.2, 0.25) is 0 Å². The van der Waals surface area contributed by atoms with Crippen LogP contribution in [0.1, 0.15) is 13.8 Å². The van der Waals surface area contributed by atoms with Crippen molar-refractivity contribution in [1.82, 2.24) is 9.97 Å². The molecule has 1 aromatic carbocycles. The van der Waals surface area contributed by atoms with Crippen molar-refractivity contribution in [3.05, 3.63) is 72.1 Å². The highest BCUT2D eigenvalue weighted by Crippen LogP contribution is 2.38. The van der Waals surface area contributed by atoms with Crippen LogP contribution < -0.4 is 4.90 Å². The Morgan fingerprint density at radius 3 is 2.81 bits per heavy atom. The maximum Gasteiger partial charge on any atom is 0.294 e. The highest BCUT2D eigenvalue weighted by atomic mass is 19.1. The van der Waals surface area contributed by atoms with Crippen LogP contribution >= 0.6 is 0 Å². The number of benzene rings is 1. The number of amides is 1. The van der Waals surface area contributed by atoms with Crippen LogP contribution in [0.2, 0.25) is 0 Å². The van der Waals surface area contributed by atoms with Crippen LogP contribution in [0.3, 0.4) is 0 Å². The second-order valence-electron chi connectivity index (χ2n) is 6.09. The van der Waals surface area contributed by atoms with Gasteiger partial charge in [0.25, 0.3) is 5.91 Å². The van der Waals surface area contributed by atoms with Gasteiger partial charge in [-0.2, -0.15) is 0 Å². The minimum absolute atomic E-state index is 0.247. The molecule has 1 aromatic heterocycles. The normalized spacial score (nSPS) is 18.4. The molecular formula is C20H20FN3O2. The van der Waals surface area contributed by atoms with Crippen molar-refractivity contribution >= 4 is 22.6 Å². The van der Waals surface area contributed by atoms with Gasteiger partial charge in [0, 0.05) is 11.3 Å². The first-order valence-corrected chi connectivity index (χ1v) is 8.10. The van der Waals surface area contributed by atoms with Gasteiger partial charge in [-0.05, 0) is 43.2 Å². The fourth-order valence-corrected chi connectivity index (χ4v) is 3.30. The molecule has 3 rings (SSSR count). The van der Waals surface area contributed by atoms with Crippen molar-refractivity contribution in [3.8, 4) is 0 Å². The summed E-state index contributed by atoms with van der Waals surface area (Å²) in [6, 6.07) is 4.94. The molecule has 1 unspecified atom stereocenters. The van der Waals surface area contributed by atoms with E-state index in [1.54, 1.807) is 37.2 Å². The number of hydrogen-bond donors (Lipinski definition) is 1. The SMILES string of the molecule is C=CC(=C(C)C(=C)F)C1C(C)=C(OC)C(=O)N1c1ccc2nc[nH]c2c1. The molecule has 134 valence electrons. The Bertz CT molecular complexity index is 984. The van der Waals surface area contributed by atoms with Crippen molar-refractivity contribution < 1.29 is 13.9 Å². The number of nitrogens with zero attached hydrogens (tertiary/aromatic N) is 2. The molecule has 0 bridgehead atoms. The Morgan fingerprint density at radius 2 is 2.19 bits per heavy atom. The third-order valence-corrected chi connectivity index (χ3v) is 4.68. The number of fused-ring (bicyclic) bond motifs is 1. The van der Waals surface area contributed by atoms with Gasteiger partial charge in [0.05, 0.1) is 30.5 Å². The lowest BCUT2D eigenvalue weighted by Gasteiger charge is -2.28. The number of nitrogens with one attached hydrogen (secondary N) is 1. The molecule has 0 spiro atoms. The average molecular weight is 353 g/mol. The number of allylic oxidation sites excluding steroid dienone is 2. The molecule has 0 aliphatic carbocycles. The molecule has 0 fully saturated rings. The van der Waals surface area contributed by atoms with E-state index in [1.165, 1.54) is 7.11 Å². The lowest BCUT2D eigenvalue weighted by molar-refractivity contribution is -0.117. The van der Waals surface area contributed by atoms with Gasteiger partial charge in [-0.1, -0.05) is 19.2 Å². The van der Waals surface area contributed by atoms with E-state index in [9.17, 15) is 9.18 Å². The number of imidazole rings is 1. The zero-order valence-corrected chi connectivity index (χ0v) is 15.0. The molecule has 1 amide bonds. The minimum atomic E-state index is -0.560. The fourth-order valence-electron chi connectivity index (χ4n) is 3.30. The van der Waals surface area contributed by atoms with E-state index < -0.39 is 11.9 Å². The smallest absolute Gasteiger partial charge is 0.294 e. The van der Waals surface area contributed by atoms with Gasteiger partial charge in [-0.3, -0.25) is 9.69 Å². The Kier molecular flexibility index (Phi) is 4.50. The maximum atomic E-state index is 13.8. The summed E-state index contributed by atoms with van der Waals surface area (Å²) in [5.41, 5.74) is 3.86. The first kappa shape index (κ1) is 17.7. The first-order valence-electron chi connectivity index (χ1n) is 8.10. The van der Waals surface area contributed by atoms with Crippen LogP contribution in [0, 0.1) is 0 Å². The molecule has 1 atom stereocenters. The summed E-state index contributed by atoms with van der Waals surface area (Å²) in [5, 5.41) is 0. The lowest BCUT2D eigenvalue weighted by Crippen LogP contribution is -2.37. The third kappa shape index (κ3) is 2.63. The zero-order chi connectivity index (χ0) is 19.0. The van der Waals surface area contributed by atoms with Crippen molar-refractivity contribution in [2.45, 2.75) is 19.9 Å². The van der Waals surface area contributed by atoms with Gasteiger partial charge in [-0.15, -0.1) is 0 Å². The van der Waals surface area contributed by atoms with Gasteiger partial charge >= 0.3 is 0 Å². The van der Waals surface area contributed by atoms with Crippen molar-refractivity contribution in [2.75, 3.05) is 12.0 Å².